The van der Waals surface area contributed by atoms with Crippen LogP contribution >= 0.6 is 0 Å². The van der Waals surface area contributed by atoms with Gasteiger partial charge in [0.15, 0.2) is 0 Å². The van der Waals surface area contributed by atoms with Gasteiger partial charge in [0.25, 0.3) is 11.5 Å². The van der Waals surface area contributed by atoms with Crippen LogP contribution in [0.2, 0.25) is 0 Å². The molecular weight excluding hydrogens is 260 g/mol. The van der Waals surface area contributed by atoms with E-state index >= 15 is 0 Å². The Morgan fingerprint density at radius 2 is 2.00 bits per heavy atom. The van der Waals surface area contributed by atoms with Crippen LogP contribution in [0.4, 0.5) is 0 Å². The van der Waals surface area contributed by atoms with Crippen LogP contribution in [0.25, 0.3) is 0 Å². The molecule has 6 nitrogen and oxygen atoms in total. The number of carbonyl (C=O) groups excluding carboxylic acids is 1. The van der Waals surface area contributed by atoms with Crippen molar-refractivity contribution in [2.75, 3.05) is 6.54 Å². The molecule has 1 aromatic heterocycles. The van der Waals surface area contributed by atoms with Gasteiger partial charge in [-0.05, 0) is 38.8 Å². The maximum Gasteiger partial charge on any atom is 0.311 e. The number of carboxylic acids is 1. The minimum Gasteiger partial charge on any atom is -0.481 e. The molecule has 0 bridgehead atoms. The second-order valence-corrected chi connectivity index (χ2v) is 5.24. The minimum atomic E-state index is -1.04. The topological polar surface area (TPSA) is 99.3 Å². The molecule has 0 saturated heterocycles. The van der Waals surface area contributed by atoms with E-state index in [4.69, 9.17) is 5.11 Å². The summed E-state index contributed by atoms with van der Waals surface area (Å²) in [5.41, 5.74) is -0.237. The van der Waals surface area contributed by atoms with Crippen LogP contribution < -0.4 is 10.9 Å². The molecule has 0 aromatic carbocycles. The summed E-state index contributed by atoms with van der Waals surface area (Å²) in [5, 5.41) is 11.7. The van der Waals surface area contributed by atoms with E-state index in [9.17, 15) is 14.4 Å². The number of aliphatic carboxylic acids is 1. The van der Waals surface area contributed by atoms with Crippen LogP contribution in [-0.4, -0.2) is 28.5 Å². The molecular formula is C14H20N2O4. The Labute approximate surface area is 117 Å². The molecule has 0 aliphatic rings. The SMILES string of the molecule is CCC(C)(CNC(=O)c1c(C)cc(C)[nH]c1=O)C(=O)O. The van der Waals surface area contributed by atoms with Crippen LogP contribution in [0, 0.1) is 19.3 Å². The molecule has 0 spiro atoms. The molecule has 0 aliphatic heterocycles. The third-order valence-corrected chi connectivity index (χ3v) is 3.53. The van der Waals surface area contributed by atoms with Crippen molar-refractivity contribution < 1.29 is 14.7 Å². The summed E-state index contributed by atoms with van der Waals surface area (Å²) in [6.45, 7) is 6.68. The van der Waals surface area contributed by atoms with Gasteiger partial charge in [-0.2, -0.15) is 0 Å². The van der Waals surface area contributed by atoms with Gasteiger partial charge in [-0.15, -0.1) is 0 Å². The molecule has 1 atom stereocenters. The highest BCUT2D eigenvalue weighted by atomic mass is 16.4. The summed E-state index contributed by atoms with van der Waals surface area (Å²) in [6.07, 6.45) is 0.381. The molecule has 20 heavy (non-hydrogen) atoms. The lowest BCUT2D eigenvalue weighted by Gasteiger charge is -2.23. The zero-order valence-corrected chi connectivity index (χ0v) is 12.2. The zero-order chi connectivity index (χ0) is 15.5. The molecule has 1 amide bonds. The predicted molar refractivity (Wildman–Crippen MR) is 74.9 cm³/mol. The fourth-order valence-corrected chi connectivity index (χ4v) is 1.85. The summed E-state index contributed by atoms with van der Waals surface area (Å²) in [5.74, 6) is -1.53. The molecule has 0 saturated carbocycles. The molecule has 1 heterocycles. The number of nitrogens with one attached hydrogen (secondary N) is 2. The number of aromatic nitrogens is 1. The van der Waals surface area contributed by atoms with Crippen LogP contribution in [0.15, 0.2) is 10.9 Å². The van der Waals surface area contributed by atoms with Gasteiger partial charge in [0.2, 0.25) is 0 Å². The number of rotatable bonds is 5. The molecule has 110 valence electrons. The highest BCUT2D eigenvalue weighted by Gasteiger charge is 2.31. The summed E-state index contributed by atoms with van der Waals surface area (Å²) < 4.78 is 0. The highest BCUT2D eigenvalue weighted by molar-refractivity contribution is 5.95. The lowest BCUT2D eigenvalue weighted by atomic mass is 9.87. The van der Waals surface area contributed by atoms with Gasteiger partial charge in [0.05, 0.1) is 5.41 Å². The predicted octanol–water partition coefficient (Wildman–Crippen LogP) is 1.22. The van der Waals surface area contributed by atoms with E-state index in [-0.39, 0.29) is 12.1 Å². The summed E-state index contributed by atoms with van der Waals surface area (Å²) in [6, 6.07) is 1.70. The molecule has 6 heteroatoms. The van der Waals surface area contributed by atoms with Crippen molar-refractivity contribution in [2.45, 2.75) is 34.1 Å². The summed E-state index contributed by atoms with van der Waals surface area (Å²) in [7, 11) is 0. The van der Waals surface area contributed by atoms with E-state index in [2.05, 4.69) is 10.3 Å². The molecule has 1 rings (SSSR count). The van der Waals surface area contributed by atoms with E-state index in [0.717, 1.165) is 0 Å². The third-order valence-electron chi connectivity index (χ3n) is 3.53. The molecule has 3 N–H and O–H groups in total. The number of hydrogen-bond donors (Lipinski definition) is 3. The van der Waals surface area contributed by atoms with Crippen molar-refractivity contribution in [2.24, 2.45) is 5.41 Å². The maximum atomic E-state index is 12.1. The van der Waals surface area contributed by atoms with Crippen molar-refractivity contribution in [3.05, 3.63) is 33.2 Å². The van der Waals surface area contributed by atoms with E-state index in [0.29, 0.717) is 17.7 Å². The Bertz CT molecular complexity index is 591. The molecule has 0 aliphatic carbocycles. The number of aryl methyl sites for hydroxylation is 2. The fourth-order valence-electron chi connectivity index (χ4n) is 1.85. The van der Waals surface area contributed by atoms with E-state index in [1.165, 1.54) is 0 Å². The Kier molecular flexibility index (Phi) is 4.70. The standard InChI is InChI=1S/C14H20N2O4/c1-5-14(4,13(19)20)7-15-11(17)10-8(2)6-9(3)16-12(10)18/h6H,5,7H2,1-4H3,(H,15,17)(H,16,18)(H,19,20). The van der Waals surface area contributed by atoms with Crippen LogP contribution in [-0.2, 0) is 4.79 Å². The van der Waals surface area contributed by atoms with E-state index in [1.807, 2.05) is 0 Å². The smallest absolute Gasteiger partial charge is 0.311 e. The number of pyridine rings is 1. The second kappa shape index (κ2) is 5.90. The van der Waals surface area contributed by atoms with Gasteiger partial charge < -0.3 is 15.4 Å². The van der Waals surface area contributed by atoms with Gasteiger partial charge in [-0.25, -0.2) is 0 Å². The highest BCUT2D eigenvalue weighted by Crippen LogP contribution is 2.20. The molecule has 1 aromatic rings. The van der Waals surface area contributed by atoms with Gasteiger partial charge in [0.1, 0.15) is 5.56 Å². The summed E-state index contributed by atoms with van der Waals surface area (Å²) in [4.78, 5) is 37.6. The third kappa shape index (κ3) is 3.26. The van der Waals surface area contributed by atoms with E-state index < -0.39 is 22.9 Å². The van der Waals surface area contributed by atoms with Crippen molar-refractivity contribution in [1.82, 2.24) is 10.3 Å². The minimum absolute atomic E-state index is 0.0234. The van der Waals surface area contributed by atoms with Gasteiger partial charge in [0, 0.05) is 12.2 Å². The van der Waals surface area contributed by atoms with Crippen molar-refractivity contribution in [3.8, 4) is 0 Å². The summed E-state index contributed by atoms with van der Waals surface area (Å²) >= 11 is 0. The van der Waals surface area contributed by atoms with Crippen molar-refractivity contribution in [1.29, 1.82) is 0 Å². The van der Waals surface area contributed by atoms with Crippen LogP contribution in [0.3, 0.4) is 0 Å². The van der Waals surface area contributed by atoms with Gasteiger partial charge in [-0.3, -0.25) is 14.4 Å². The molecule has 0 fully saturated rings. The van der Waals surface area contributed by atoms with Crippen molar-refractivity contribution in [3.63, 3.8) is 0 Å². The normalized spacial score (nSPS) is 13.6. The average Bonchev–Trinajstić information content (AvgIpc) is 2.34. The molecule has 1 unspecified atom stereocenters. The lowest BCUT2D eigenvalue weighted by Crippen LogP contribution is -2.42. The Balaban J connectivity index is 2.94. The Morgan fingerprint density at radius 1 is 1.40 bits per heavy atom. The first-order valence-corrected chi connectivity index (χ1v) is 6.43. The molecule has 0 radical (unpaired) electrons. The number of carboxylic acid groups (broad SMARTS) is 1. The quantitative estimate of drug-likeness (QED) is 0.755. The average molecular weight is 280 g/mol. The zero-order valence-electron chi connectivity index (χ0n) is 12.2. The Morgan fingerprint density at radius 3 is 2.45 bits per heavy atom. The first-order chi connectivity index (χ1) is 9.21. The van der Waals surface area contributed by atoms with Gasteiger partial charge in [-0.1, -0.05) is 6.92 Å². The maximum absolute atomic E-state index is 12.1. The number of H-pyrrole nitrogens is 1. The van der Waals surface area contributed by atoms with Gasteiger partial charge >= 0.3 is 5.97 Å². The first kappa shape index (κ1) is 15.9. The lowest BCUT2D eigenvalue weighted by molar-refractivity contribution is -0.147. The van der Waals surface area contributed by atoms with E-state index in [1.54, 1.807) is 33.8 Å². The number of aromatic amines is 1. The first-order valence-electron chi connectivity index (χ1n) is 6.43. The number of carbonyl (C=O) groups is 2. The largest absolute Gasteiger partial charge is 0.481 e. The number of hydrogen-bond acceptors (Lipinski definition) is 3. The van der Waals surface area contributed by atoms with Crippen molar-refractivity contribution >= 4 is 11.9 Å². The second-order valence-electron chi connectivity index (χ2n) is 5.24. The van der Waals surface area contributed by atoms with Crippen LogP contribution in [0.5, 0.6) is 0 Å². The Hall–Kier alpha value is -2.11. The number of amides is 1. The van der Waals surface area contributed by atoms with Crippen LogP contribution in [0.1, 0.15) is 41.9 Å². The fraction of sp³-hybridized carbons (Fsp3) is 0.500. The monoisotopic (exact) mass is 280 g/mol.